The Morgan fingerprint density at radius 1 is 0.900 bits per heavy atom. The van der Waals surface area contributed by atoms with E-state index in [0.29, 0.717) is 0 Å². The van der Waals surface area contributed by atoms with Crippen LogP contribution in [0.1, 0.15) is 6.92 Å². The van der Waals surface area contributed by atoms with Gasteiger partial charge in [-0.25, -0.2) is 14.4 Å². The lowest BCUT2D eigenvalue weighted by Crippen LogP contribution is -2.03. The highest BCUT2D eigenvalue weighted by atomic mass is 16.4. The fourth-order valence-corrected chi connectivity index (χ4v) is 0. The molecule has 0 radical (unpaired) electrons. The molecule has 0 amide bonds. The Bertz CT molecular complexity index is 264. The molecule has 1 unspecified atom stereocenters. The van der Waals surface area contributed by atoms with Crippen LogP contribution in [-0.2, 0) is 14.4 Å². The fraction of sp³-hybridized carbons (Fsp3) is 0.250. The van der Waals surface area contributed by atoms with Crippen LogP contribution in [0.15, 0.2) is 38.0 Å². The molecule has 5 N–H and O–H groups in total. The predicted octanol–water partition coefficient (Wildman–Crippen LogP) is 0.130. The summed E-state index contributed by atoms with van der Waals surface area (Å²) in [4.78, 5) is 27.8. The Kier molecular flexibility index (Phi) is 28.5. The summed E-state index contributed by atoms with van der Waals surface area (Å²) < 4.78 is 0. The molecule has 0 spiro atoms. The Morgan fingerprint density at radius 2 is 1.00 bits per heavy atom. The van der Waals surface area contributed by atoms with Gasteiger partial charge in [0.2, 0.25) is 0 Å². The smallest absolute Gasteiger partial charge is 0.327 e. The number of aliphatic hydroxyl groups is 2. The Hall–Kier alpha value is -2.45. The number of aliphatic carboxylic acids is 3. The molecule has 8 nitrogen and oxygen atoms in total. The highest BCUT2D eigenvalue weighted by Crippen LogP contribution is 1.68. The van der Waals surface area contributed by atoms with E-state index >= 15 is 0 Å². The first-order chi connectivity index (χ1) is 9.08. The van der Waals surface area contributed by atoms with Gasteiger partial charge in [0.05, 0.1) is 12.7 Å². The van der Waals surface area contributed by atoms with Gasteiger partial charge in [-0.2, -0.15) is 0 Å². The molecular weight excluding hydrogens is 272 g/mol. The summed E-state index contributed by atoms with van der Waals surface area (Å²) in [6.07, 6.45) is 1.94. The Morgan fingerprint density at radius 3 is 1.00 bits per heavy atom. The maximum absolute atomic E-state index is 9.25. The van der Waals surface area contributed by atoms with Crippen molar-refractivity contribution in [2.75, 3.05) is 6.61 Å². The van der Waals surface area contributed by atoms with Crippen molar-refractivity contribution in [1.29, 1.82) is 0 Å². The molecule has 0 saturated heterocycles. The van der Waals surface area contributed by atoms with Crippen molar-refractivity contribution in [1.82, 2.24) is 0 Å². The van der Waals surface area contributed by atoms with Crippen LogP contribution in [0.25, 0.3) is 0 Å². The molecule has 116 valence electrons. The van der Waals surface area contributed by atoms with Gasteiger partial charge in [0.15, 0.2) is 0 Å². The van der Waals surface area contributed by atoms with Crippen LogP contribution in [0.2, 0.25) is 0 Å². The van der Waals surface area contributed by atoms with Gasteiger partial charge < -0.3 is 25.5 Å². The van der Waals surface area contributed by atoms with Crippen molar-refractivity contribution in [3.8, 4) is 0 Å². The molecular formula is C12H20O8. The summed E-state index contributed by atoms with van der Waals surface area (Å²) in [6, 6.07) is 0. The number of carboxylic acid groups (broad SMARTS) is 3. The van der Waals surface area contributed by atoms with Gasteiger partial charge in [-0.05, 0) is 6.92 Å². The fourth-order valence-electron chi connectivity index (χ4n) is 0. The summed E-state index contributed by atoms with van der Waals surface area (Å²) >= 11 is 0. The molecule has 0 heterocycles. The minimum atomic E-state index is -0.981. The second-order valence-electron chi connectivity index (χ2n) is 2.66. The van der Waals surface area contributed by atoms with E-state index in [2.05, 4.69) is 19.7 Å². The van der Waals surface area contributed by atoms with E-state index in [1.807, 2.05) is 0 Å². The third kappa shape index (κ3) is 107. The van der Waals surface area contributed by atoms with Crippen molar-refractivity contribution in [3.63, 3.8) is 0 Å². The van der Waals surface area contributed by atoms with Crippen LogP contribution < -0.4 is 0 Å². The minimum absolute atomic E-state index is 0.139. The summed E-state index contributed by atoms with van der Waals surface area (Å²) in [5, 5.41) is 38.8. The first kappa shape index (κ1) is 26.2. The van der Waals surface area contributed by atoms with Gasteiger partial charge in [0, 0.05) is 18.2 Å². The molecule has 0 rings (SSSR count). The number of hydrogen-bond acceptors (Lipinski definition) is 5. The molecule has 20 heavy (non-hydrogen) atoms. The number of aliphatic hydroxyl groups excluding tert-OH is 2. The molecule has 0 aromatic carbocycles. The van der Waals surface area contributed by atoms with Gasteiger partial charge in [-0.15, -0.1) is 0 Å². The topological polar surface area (TPSA) is 152 Å². The molecule has 0 aliphatic carbocycles. The van der Waals surface area contributed by atoms with Crippen molar-refractivity contribution < 1.29 is 39.9 Å². The van der Waals surface area contributed by atoms with Gasteiger partial charge in [0.1, 0.15) is 0 Å². The minimum Gasteiger partial charge on any atom is -0.478 e. The number of rotatable bonds is 4. The highest BCUT2D eigenvalue weighted by molar-refractivity contribution is 5.79. The average molecular weight is 292 g/mol. The molecule has 0 fully saturated rings. The van der Waals surface area contributed by atoms with Crippen LogP contribution in [0.5, 0.6) is 0 Å². The lowest BCUT2D eigenvalue weighted by atomic mass is 10.5. The van der Waals surface area contributed by atoms with Crippen molar-refractivity contribution in [2.24, 2.45) is 0 Å². The zero-order valence-electron chi connectivity index (χ0n) is 11.1. The monoisotopic (exact) mass is 292 g/mol. The van der Waals surface area contributed by atoms with E-state index in [4.69, 9.17) is 25.5 Å². The molecule has 1 atom stereocenters. The maximum atomic E-state index is 9.25. The van der Waals surface area contributed by atoms with E-state index in [9.17, 15) is 14.4 Å². The van der Waals surface area contributed by atoms with E-state index in [1.54, 1.807) is 0 Å². The average Bonchev–Trinajstić information content (AvgIpc) is 2.40. The van der Waals surface area contributed by atoms with Crippen LogP contribution in [0.3, 0.4) is 0 Å². The molecule has 0 aliphatic rings. The Labute approximate surface area is 116 Å². The van der Waals surface area contributed by atoms with Gasteiger partial charge in [0.25, 0.3) is 0 Å². The molecule has 0 saturated carbocycles. The second-order valence-corrected chi connectivity index (χ2v) is 2.66. The summed E-state index contributed by atoms with van der Waals surface area (Å²) in [7, 11) is 0. The van der Waals surface area contributed by atoms with Crippen molar-refractivity contribution >= 4 is 17.9 Å². The van der Waals surface area contributed by atoms with Crippen LogP contribution in [-0.4, -0.2) is 56.2 Å². The van der Waals surface area contributed by atoms with Crippen LogP contribution in [0, 0.1) is 0 Å². The highest BCUT2D eigenvalue weighted by Gasteiger charge is 1.83. The van der Waals surface area contributed by atoms with E-state index in [1.165, 1.54) is 6.92 Å². The number of carboxylic acids is 3. The van der Waals surface area contributed by atoms with Crippen LogP contribution in [0.4, 0.5) is 0 Å². The summed E-state index contributed by atoms with van der Waals surface area (Å²) in [5.74, 6) is -2.94. The SMILES string of the molecule is C=CC(=O)O.C=CC(=O)O.C=CC(=O)O.CC(O)CO. The normalized spacial score (nSPS) is 8.55. The maximum Gasteiger partial charge on any atom is 0.327 e. The van der Waals surface area contributed by atoms with Crippen molar-refractivity contribution in [2.45, 2.75) is 13.0 Å². The predicted molar refractivity (Wildman–Crippen MR) is 72.3 cm³/mol. The van der Waals surface area contributed by atoms with Crippen LogP contribution >= 0.6 is 0 Å². The number of hydrogen-bond donors (Lipinski definition) is 5. The lowest BCUT2D eigenvalue weighted by Gasteiger charge is -1.90. The lowest BCUT2D eigenvalue weighted by molar-refractivity contribution is -0.132. The molecule has 0 aromatic rings. The molecule has 8 heteroatoms. The van der Waals surface area contributed by atoms with Gasteiger partial charge in [-0.3, -0.25) is 0 Å². The molecule has 0 bridgehead atoms. The van der Waals surface area contributed by atoms with Crippen molar-refractivity contribution in [3.05, 3.63) is 38.0 Å². The molecule has 0 aliphatic heterocycles. The second kappa shape index (κ2) is 21.8. The quantitative estimate of drug-likeness (QED) is 0.458. The van der Waals surface area contributed by atoms with Gasteiger partial charge >= 0.3 is 17.9 Å². The van der Waals surface area contributed by atoms with E-state index in [-0.39, 0.29) is 6.61 Å². The third-order valence-corrected chi connectivity index (χ3v) is 0.788. The summed E-state index contributed by atoms with van der Waals surface area (Å²) in [6.45, 7) is 10.3. The molecule has 0 aromatic heterocycles. The first-order valence-corrected chi connectivity index (χ1v) is 4.93. The third-order valence-electron chi connectivity index (χ3n) is 0.788. The standard InChI is InChI=1S/C3H8O2.3C3H4O2/c1-3(5)2-4;3*1-2-3(4)5/h3-5H,2H2,1H3;3*2H,1H2,(H,4,5). The zero-order valence-corrected chi connectivity index (χ0v) is 11.1. The number of carbonyl (C=O) groups is 3. The largest absolute Gasteiger partial charge is 0.478 e. The first-order valence-electron chi connectivity index (χ1n) is 4.93. The van der Waals surface area contributed by atoms with Gasteiger partial charge in [-0.1, -0.05) is 19.7 Å². The summed E-state index contributed by atoms with van der Waals surface area (Å²) in [5.41, 5.74) is 0. The Balaban J connectivity index is -0.0000000853. The van der Waals surface area contributed by atoms with E-state index < -0.39 is 24.0 Å². The zero-order chi connectivity index (χ0) is 17.1. The van der Waals surface area contributed by atoms with E-state index in [0.717, 1.165) is 18.2 Å².